The average molecular weight is 218 g/mol. The van der Waals surface area contributed by atoms with E-state index in [1.807, 2.05) is 5.48 Å². The lowest BCUT2D eigenvalue weighted by molar-refractivity contribution is -0.144. The predicted octanol–water partition coefficient (Wildman–Crippen LogP) is -0.519. The van der Waals surface area contributed by atoms with Gasteiger partial charge in [0.15, 0.2) is 6.61 Å². The number of nitrogens with one attached hydrogen (secondary N) is 2. The van der Waals surface area contributed by atoms with Gasteiger partial charge in [-0.1, -0.05) is 0 Å². The summed E-state index contributed by atoms with van der Waals surface area (Å²) in [6.07, 6.45) is 1.76. The molecular formula is C8H14N2O5. The van der Waals surface area contributed by atoms with Crippen molar-refractivity contribution in [2.45, 2.75) is 18.9 Å². The highest BCUT2D eigenvalue weighted by Gasteiger charge is 2.15. The quantitative estimate of drug-likeness (QED) is 0.552. The first kappa shape index (κ1) is 11.7. The normalized spacial score (nSPS) is 20.7. The molecule has 1 aliphatic rings. The van der Waals surface area contributed by atoms with Crippen molar-refractivity contribution in [1.82, 2.24) is 10.8 Å². The molecule has 0 spiro atoms. The number of hydrogen-bond donors (Lipinski definition) is 3. The molecule has 1 saturated heterocycles. The summed E-state index contributed by atoms with van der Waals surface area (Å²) in [6, 6.07) is -0.584. The van der Waals surface area contributed by atoms with Gasteiger partial charge in [0.05, 0.1) is 12.6 Å². The van der Waals surface area contributed by atoms with Crippen LogP contribution < -0.4 is 10.8 Å². The van der Waals surface area contributed by atoms with Gasteiger partial charge in [-0.3, -0.25) is 4.84 Å². The molecule has 1 atom stereocenters. The van der Waals surface area contributed by atoms with Gasteiger partial charge in [-0.05, 0) is 12.8 Å². The molecule has 1 unspecified atom stereocenters. The molecule has 86 valence electrons. The van der Waals surface area contributed by atoms with Crippen LogP contribution in [0.2, 0.25) is 0 Å². The van der Waals surface area contributed by atoms with E-state index in [1.54, 1.807) is 0 Å². The molecule has 0 saturated carbocycles. The van der Waals surface area contributed by atoms with Gasteiger partial charge in [-0.15, -0.1) is 0 Å². The number of rotatable bonds is 4. The molecule has 2 amide bonds. The summed E-state index contributed by atoms with van der Waals surface area (Å²) in [7, 11) is 0. The highest BCUT2D eigenvalue weighted by atomic mass is 16.7. The van der Waals surface area contributed by atoms with E-state index in [2.05, 4.69) is 10.2 Å². The monoisotopic (exact) mass is 218 g/mol. The van der Waals surface area contributed by atoms with Crippen molar-refractivity contribution >= 4 is 12.0 Å². The number of carbonyl (C=O) groups is 2. The summed E-state index contributed by atoms with van der Waals surface area (Å²) in [5.41, 5.74) is 1.97. The van der Waals surface area contributed by atoms with E-state index in [0.29, 0.717) is 6.61 Å². The fourth-order valence-corrected chi connectivity index (χ4v) is 1.23. The van der Waals surface area contributed by atoms with E-state index >= 15 is 0 Å². The molecule has 0 radical (unpaired) electrons. The summed E-state index contributed by atoms with van der Waals surface area (Å²) < 4.78 is 5.15. The third-order valence-electron chi connectivity index (χ3n) is 1.86. The highest BCUT2D eigenvalue weighted by molar-refractivity contribution is 5.73. The second-order valence-electron chi connectivity index (χ2n) is 3.17. The number of aliphatic carboxylic acids is 1. The number of hydrogen-bond acceptors (Lipinski definition) is 4. The summed E-state index contributed by atoms with van der Waals surface area (Å²) >= 11 is 0. The van der Waals surface area contributed by atoms with Gasteiger partial charge in [0, 0.05) is 6.61 Å². The second-order valence-corrected chi connectivity index (χ2v) is 3.17. The molecule has 1 rings (SSSR count). The fraction of sp³-hybridized carbons (Fsp3) is 0.750. The number of urea groups is 1. The molecule has 1 heterocycles. The molecule has 0 aromatic carbocycles. The molecule has 0 aromatic heterocycles. The van der Waals surface area contributed by atoms with Gasteiger partial charge in [0.25, 0.3) is 0 Å². The van der Waals surface area contributed by atoms with Crippen LogP contribution in [0.1, 0.15) is 12.8 Å². The minimum Gasteiger partial charge on any atom is -0.479 e. The largest absolute Gasteiger partial charge is 0.479 e. The Bertz CT molecular complexity index is 227. The molecule has 0 aliphatic carbocycles. The Morgan fingerprint density at radius 2 is 2.33 bits per heavy atom. The van der Waals surface area contributed by atoms with Crippen LogP contribution in [0.15, 0.2) is 0 Å². The van der Waals surface area contributed by atoms with Crippen LogP contribution in [-0.4, -0.2) is 43.0 Å². The number of ether oxygens (including phenoxy) is 1. The van der Waals surface area contributed by atoms with Crippen molar-refractivity contribution < 1.29 is 24.3 Å². The van der Waals surface area contributed by atoms with E-state index in [4.69, 9.17) is 9.84 Å². The molecule has 15 heavy (non-hydrogen) atoms. The van der Waals surface area contributed by atoms with E-state index in [9.17, 15) is 9.59 Å². The Morgan fingerprint density at radius 1 is 1.53 bits per heavy atom. The molecule has 1 aliphatic heterocycles. The average Bonchev–Trinajstić information content (AvgIpc) is 2.18. The zero-order chi connectivity index (χ0) is 11.1. The lowest BCUT2D eigenvalue weighted by atomic mass is 10.1. The van der Waals surface area contributed by atoms with Crippen molar-refractivity contribution in [3.05, 3.63) is 0 Å². The number of amides is 2. The Labute approximate surface area is 86.7 Å². The van der Waals surface area contributed by atoms with E-state index < -0.39 is 18.6 Å². The molecule has 1 fully saturated rings. The van der Waals surface area contributed by atoms with Crippen molar-refractivity contribution in [2.24, 2.45) is 0 Å². The minimum absolute atomic E-state index is 0.0350. The predicted molar refractivity (Wildman–Crippen MR) is 49.1 cm³/mol. The van der Waals surface area contributed by atoms with Gasteiger partial charge in [0.2, 0.25) is 0 Å². The first-order valence-corrected chi connectivity index (χ1v) is 4.66. The Balaban J connectivity index is 2.09. The number of carboxylic acids is 1. The van der Waals surface area contributed by atoms with E-state index in [1.165, 1.54) is 0 Å². The van der Waals surface area contributed by atoms with Crippen LogP contribution in [0.25, 0.3) is 0 Å². The van der Waals surface area contributed by atoms with Crippen LogP contribution in [0.4, 0.5) is 4.79 Å². The minimum atomic E-state index is -1.14. The van der Waals surface area contributed by atoms with Crippen molar-refractivity contribution in [2.75, 3.05) is 19.8 Å². The fourth-order valence-electron chi connectivity index (χ4n) is 1.23. The van der Waals surface area contributed by atoms with Gasteiger partial charge in [-0.2, -0.15) is 0 Å². The van der Waals surface area contributed by atoms with Crippen molar-refractivity contribution in [3.8, 4) is 0 Å². The first-order valence-electron chi connectivity index (χ1n) is 4.66. The Morgan fingerprint density at radius 3 is 2.93 bits per heavy atom. The van der Waals surface area contributed by atoms with Gasteiger partial charge < -0.3 is 15.2 Å². The van der Waals surface area contributed by atoms with Gasteiger partial charge >= 0.3 is 12.0 Å². The highest BCUT2D eigenvalue weighted by Crippen LogP contribution is 2.05. The number of carbonyl (C=O) groups excluding carboxylic acids is 1. The van der Waals surface area contributed by atoms with Crippen molar-refractivity contribution in [3.63, 3.8) is 0 Å². The molecule has 0 aromatic rings. The summed E-state index contributed by atoms with van der Waals surface area (Å²) in [6.45, 7) is 0.635. The smallest absolute Gasteiger partial charge is 0.339 e. The Hall–Kier alpha value is -1.34. The summed E-state index contributed by atoms with van der Waals surface area (Å²) in [5.74, 6) is -1.14. The summed E-state index contributed by atoms with van der Waals surface area (Å²) in [4.78, 5) is 25.5. The SMILES string of the molecule is O=C(O)CONC(=O)NC1CCCOC1. The van der Waals surface area contributed by atoms with Crippen LogP contribution >= 0.6 is 0 Å². The second kappa shape index (κ2) is 6.20. The molecular weight excluding hydrogens is 204 g/mol. The zero-order valence-corrected chi connectivity index (χ0v) is 8.19. The zero-order valence-electron chi connectivity index (χ0n) is 8.19. The number of hydroxylamine groups is 1. The first-order chi connectivity index (χ1) is 7.18. The van der Waals surface area contributed by atoms with E-state index in [-0.39, 0.29) is 6.04 Å². The van der Waals surface area contributed by atoms with E-state index in [0.717, 1.165) is 19.4 Å². The van der Waals surface area contributed by atoms with Crippen LogP contribution in [0.5, 0.6) is 0 Å². The van der Waals surface area contributed by atoms with Crippen LogP contribution in [-0.2, 0) is 14.4 Å². The number of carboxylic acid groups (broad SMARTS) is 1. The molecule has 0 bridgehead atoms. The summed E-state index contributed by atoms with van der Waals surface area (Å²) in [5, 5.41) is 10.8. The lowest BCUT2D eigenvalue weighted by Gasteiger charge is -2.22. The van der Waals surface area contributed by atoms with Gasteiger partial charge in [-0.25, -0.2) is 15.1 Å². The maximum atomic E-state index is 11.1. The third-order valence-corrected chi connectivity index (χ3v) is 1.86. The van der Waals surface area contributed by atoms with Gasteiger partial charge in [0.1, 0.15) is 0 Å². The molecule has 7 nitrogen and oxygen atoms in total. The van der Waals surface area contributed by atoms with Crippen molar-refractivity contribution in [1.29, 1.82) is 0 Å². The molecule has 7 heteroatoms. The maximum Gasteiger partial charge on any atom is 0.339 e. The third kappa shape index (κ3) is 5.18. The maximum absolute atomic E-state index is 11.1. The standard InChI is InChI=1S/C8H14N2O5/c11-7(12)5-15-10-8(13)9-6-2-1-3-14-4-6/h6H,1-5H2,(H,11,12)(H2,9,10,13). The lowest BCUT2D eigenvalue weighted by Crippen LogP contribution is -2.46. The van der Waals surface area contributed by atoms with Crippen LogP contribution in [0, 0.1) is 0 Å². The van der Waals surface area contributed by atoms with Crippen LogP contribution in [0.3, 0.4) is 0 Å². The topological polar surface area (TPSA) is 96.9 Å². The Kier molecular flexibility index (Phi) is 4.85. The molecule has 3 N–H and O–H groups in total.